The predicted octanol–water partition coefficient (Wildman–Crippen LogP) is 5.99. The summed E-state index contributed by atoms with van der Waals surface area (Å²) in [5, 5.41) is 0. The average molecular weight is 469 g/mol. The molecule has 4 nitrogen and oxygen atoms in total. The molecule has 0 aliphatic carbocycles. The summed E-state index contributed by atoms with van der Waals surface area (Å²) in [5.74, 6) is 1.53. The molecular formula is C27H30ClFN2O2. The van der Waals surface area contributed by atoms with Gasteiger partial charge in [0.25, 0.3) is 0 Å². The van der Waals surface area contributed by atoms with Gasteiger partial charge in [0.2, 0.25) is 0 Å². The first-order chi connectivity index (χ1) is 15.7. The standard InChI is InChI=1S/C27H29FN2O2.ClH/c1-31-24-12-8-20(9-13-24)14-16-29-15-4-5-23(29)18-30-25-6-2-3-7-27(25)32-19-21-10-11-22(28)17-26(21)30;/h2-3,6-13,17,23H,4-5,14-16,18-19H2,1H3;1H. The molecule has 3 aromatic rings. The van der Waals surface area contributed by atoms with E-state index in [2.05, 4.69) is 28.0 Å². The van der Waals surface area contributed by atoms with Crippen LogP contribution in [0.4, 0.5) is 15.8 Å². The summed E-state index contributed by atoms with van der Waals surface area (Å²) in [4.78, 5) is 4.84. The fraction of sp³-hybridized carbons (Fsp3) is 0.333. The maximum atomic E-state index is 14.2. The fourth-order valence-electron chi connectivity index (χ4n) is 4.87. The van der Waals surface area contributed by atoms with Gasteiger partial charge in [0.1, 0.15) is 23.9 Å². The van der Waals surface area contributed by atoms with E-state index in [1.807, 2.05) is 36.4 Å². The molecule has 0 radical (unpaired) electrons. The number of para-hydroxylation sites is 2. The molecule has 0 amide bonds. The van der Waals surface area contributed by atoms with E-state index in [-0.39, 0.29) is 18.2 Å². The number of benzene rings is 3. The summed E-state index contributed by atoms with van der Waals surface area (Å²) in [7, 11) is 1.69. The first kappa shape index (κ1) is 23.4. The van der Waals surface area contributed by atoms with Crippen LogP contribution in [0.15, 0.2) is 66.7 Å². The van der Waals surface area contributed by atoms with E-state index in [0.717, 1.165) is 60.9 Å². The van der Waals surface area contributed by atoms with Gasteiger partial charge in [0.05, 0.1) is 18.5 Å². The highest BCUT2D eigenvalue weighted by atomic mass is 35.5. The third-order valence-corrected chi connectivity index (χ3v) is 6.62. The summed E-state index contributed by atoms with van der Waals surface area (Å²) in [5.41, 5.74) is 4.26. The van der Waals surface area contributed by atoms with E-state index < -0.39 is 0 Å². The van der Waals surface area contributed by atoms with Crippen LogP contribution in [-0.2, 0) is 13.0 Å². The summed E-state index contributed by atoms with van der Waals surface area (Å²) in [6.45, 7) is 3.39. The lowest BCUT2D eigenvalue weighted by atomic mass is 10.1. The number of hydrogen-bond donors (Lipinski definition) is 0. The lowest BCUT2D eigenvalue weighted by Crippen LogP contribution is -2.39. The Hall–Kier alpha value is -2.76. The smallest absolute Gasteiger partial charge is 0.143 e. The molecule has 2 aliphatic rings. The van der Waals surface area contributed by atoms with Crippen molar-refractivity contribution in [3.05, 3.63) is 83.7 Å². The number of halogens is 2. The van der Waals surface area contributed by atoms with Crippen LogP contribution >= 0.6 is 12.4 Å². The van der Waals surface area contributed by atoms with Crippen LogP contribution in [0.3, 0.4) is 0 Å². The van der Waals surface area contributed by atoms with Crippen LogP contribution in [0.1, 0.15) is 24.0 Å². The Morgan fingerprint density at radius 3 is 2.67 bits per heavy atom. The van der Waals surface area contributed by atoms with Crippen molar-refractivity contribution in [3.8, 4) is 11.5 Å². The molecule has 1 unspecified atom stereocenters. The lowest BCUT2D eigenvalue weighted by Gasteiger charge is -2.32. The minimum atomic E-state index is -0.212. The van der Waals surface area contributed by atoms with Gasteiger partial charge in [-0.3, -0.25) is 4.90 Å². The molecule has 174 valence electrons. The fourth-order valence-corrected chi connectivity index (χ4v) is 4.87. The second-order valence-corrected chi connectivity index (χ2v) is 8.57. The molecule has 1 atom stereocenters. The van der Waals surface area contributed by atoms with E-state index in [1.54, 1.807) is 13.2 Å². The normalized spacial score (nSPS) is 17.4. The summed E-state index contributed by atoms with van der Waals surface area (Å²) >= 11 is 0. The molecule has 0 bridgehead atoms. The number of nitrogens with zero attached hydrogens (tertiary/aromatic N) is 2. The Morgan fingerprint density at radius 2 is 1.85 bits per heavy atom. The van der Waals surface area contributed by atoms with Crippen LogP contribution in [0.25, 0.3) is 0 Å². The van der Waals surface area contributed by atoms with Gasteiger partial charge in [-0.2, -0.15) is 0 Å². The highest BCUT2D eigenvalue weighted by Gasteiger charge is 2.30. The Balaban J connectivity index is 0.00000259. The number of methoxy groups -OCH3 is 1. The van der Waals surface area contributed by atoms with E-state index in [9.17, 15) is 4.39 Å². The van der Waals surface area contributed by atoms with Gasteiger partial charge < -0.3 is 14.4 Å². The first-order valence-electron chi connectivity index (χ1n) is 11.4. The molecule has 3 aromatic carbocycles. The topological polar surface area (TPSA) is 24.9 Å². The van der Waals surface area contributed by atoms with Crippen LogP contribution in [0.5, 0.6) is 11.5 Å². The minimum Gasteiger partial charge on any atom is -0.497 e. The molecule has 2 heterocycles. The van der Waals surface area contributed by atoms with E-state index >= 15 is 0 Å². The van der Waals surface area contributed by atoms with Crippen molar-refractivity contribution in [1.82, 2.24) is 4.90 Å². The molecule has 1 fully saturated rings. The van der Waals surface area contributed by atoms with Gasteiger partial charge in [-0.25, -0.2) is 4.39 Å². The van der Waals surface area contributed by atoms with Gasteiger partial charge in [0, 0.05) is 24.7 Å². The molecule has 2 aliphatic heterocycles. The highest BCUT2D eigenvalue weighted by molar-refractivity contribution is 5.85. The molecule has 0 N–H and O–H groups in total. The highest BCUT2D eigenvalue weighted by Crippen LogP contribution is 2.40. The molecular weight excluding hydrogens is 439 g/mol. The second-order valence-electron chi connectivity index (χ2n) is 8.57. The monoisotopic (exact) mass is 468 g/mol. The zero-order valence-corrected chi connectivity index (χ0v) is 19.7. The number of ether oxygens (including phenoxy) is 2. The van der Waals surface area contributed by atoms with Crippen molar-refractivity contribution in [2.45, 2.75) is 31.9 Å². The van der Waals surface area contributed by atoms with E-state index in [1.165, 1.54) is 18.1 Å². The summed E-state index contributed by atoms with van der Waals surface area (Å²) < 4.78 is 25.6. The largest absolute Gasteiger partial charge is 0.497 e. The number of fused-ring (bicyclic) bond motifs is 2. The molecule has 33 heavy (non-hydrogen) atoms. The number of hydrogen-bond acceptors (Lipinski definition) is 4. The van der Waals surface area contributed by atoms with Crippen molar-refractivity contribution in [2.75, 3.05) is 31.6 Å². The van der Waals surface area contributed by atoms with Crippen molar-refractivity contribution < 1.29 is 13.9 Å². The Bertz CT molecular complexity index is 1080. The van der Waals surface area contributed by atoms with Gasteiger partial charge in [-0.15, -0.1) is 12.4 Å². The Kier molecular flexibility index (Phi) is 7.41. The number of likely N-dealkylation sites (tertiary alicyclic amines) is 1. The second kappa shape index (κ2) is 10.4. The van der Waals surface area contributed by atoms with Gasteiger partial charge in [-0.05, 0) is 67.8 Å². The number of rotatable bonds is 6. The van der Waals surface area contributed by atoms with Crippen LogP contribution in [0.2, 0.25) is 0 Å². The van der Waals surface area contributed by atoms with Crippen molar-refractivity contribution >= 4 is 23.8 Å². The van der Waals surface area contributed by atoms with E-state index in [4.69, 9.17) is 9.47 Å². The van der Waals surface area contributed by atoms with Gasteiger partial charge in [0.15, 0.2) is 0 Å². The predicted molar refractivity (Wildman–Crippen MR) is 133 cm³/mol. The van der Waals surface area contributed by atoms with Crippen LogP contribution in [-0.4, -0.2) is 37.7 Å². The summed E-state index contributed by atoms with van der Waals surface area (Å²) in [6.07, 6.45) is 3.34. The van der Waals surface area contributed by atoms with Crippen molar-refractivity contribution in [3.63, 3.8) is 0 Å². The molecule has 5 rings (SSSR count). The molecule has 6 heteroatoms. The van der Waals surface area contributed by atoms with Gasteiger partial charge >= 0.3 is 0 Å². The zero-order chi connectivity index (χ0) is 21.9. The molecule has 0 aromatic heterocycles. The SMILES string of the molecule is COc1ccc(CCN2CCCC2CN2c3cc(F)ccc3COc3ccccc32)cc1.Cl. The third kappa shape index (κ3) is 5.10. The molecule has 1 saturated heterocycles. The van der Waals surface area contributed by atoms with Crippen LogP contribution < -0.4 is 14.4 Å². The quantitative estimate of drug-likeness (QED) is 0.443. The van der Waals surface area contributed by atoms with Gasteiger partial charge in [-0.1, -0.05) is 30.3 Å². The molecule has 0 spiro atoms. The Labute approximate surface area is 201 Å². The minimum absolute atomic E-state index is 0. The van der Waals surface area contributed by atoms with Crippen molar-refractivity contribution in [1.29, 1.82) is 0 Å². The van der Waals surface area contributed by atoms with Crippen LogP contribution in [0, 0.1) is 5.82 Å². The maximum absolute atomic E-state index is 14.2. The summed E-state index contributed by atoms with van der Waals surface area (Å²) in [6, 6.07) is 21.9. The average Bonchev–Trinajstić information content (AvgIpc) is 3.21. The molecule has 0 saturated carbocycles. The lowest BCUT2D eigenvalue weighted by molar-refractivity contribution is 0.261. The first-order valence-corrected chi connectivity index (χ1v) is 11.4. The maximum Gasteiger partial charge on any atom is 0.143 e. The van der Waals surface area contributed by atoms with Crippen molar-refractivity contribution in [2.24, 2.45) is 0 Å². The third-order valence-electron chi connectivity index (χ3n) is 6.62. The Morgan fingerprint density at radius 1 is 1.03 bits per heavy atom. The van der Waals surface area contributed by atoms with E-state index in [0.29, 0.717) is 12.6 Å². The zero-order valence-electron chi connectivity index (χ0n) is 18.9. The number of anilines is 2.